The average molecular weight is 385 g/mol. The van der Waals surface area contributed by atoms with E-state index in [2.05, 4.69) is 10.3 Å². The third-order valence-corrected chi connectivity index (χ3v) is 4.16. The van der Waals surface area contributed by atoms with E-state index in [4.69, 9.17) is 25.7 Å². The van der Waals surface area contributed by atoms with Crippen molar-refractivity contribution in [1.29, 1.82) is 0 Å². The highest BCUT2D eigenvalue weighted by atomic mass is 35.5. The Balaban J connectivity index is 0.000000186. The molecule has 3 rings (SSSR count). The molecule has 1 aromatic heterocycles. The molecule has 1 heterocycles. The first-order chi connectivity index (χ1) is 11.8. The first-order valence-corrected chi connectivity index (χ1v) is 9.06. The first kappa shape index (κ1) is 19.2. The van der Waals surface area contributed by atoms with E-state index in [0.29, 0.717) is 28.7 Å². The number of aliphatic hydroxyl groups excluding tert-OH is 1. The van der Waals surface area contributed by atoms with Gasteiger partial charge in [0.25, 0.3) is 16.1 Å². The van der Waals surface area contributed by atoms with E-state index in [1.54, 1.807) is 30.3 Å². The van der Waals surface area contributed by atoms with Crippen LogP contribution in [0.2, 0.25) is 5.02 Å². The molecule has 0 aliphatic heterocycles. The number of fused-ring (bicyclic) bond motifs is 1. The van der Waals surface area contributed by atoms with Crippen molar-refractivity contribution in [3.63, 3.8) is 0 Å². The van der Waals surface area contributed by atoms with Gasteiger partial charge in [-0.3, -0.25) is 4.55 Å². The number of nitrogens with zero attached hydrogens (tertiary/aromatic N) is 1. The lowest BCUT2D eigenvalue weighted by atomic mass is 10.2. The lowest BCUT2D eigenvalue weighted by Gasteiger charge is -1.95. The normalized spacial score (nSPS) is 11.0. The second-order valence-corrected chi connectivity index (χ2v) is 6.93. The van der Waals surface area contributed by atoms with Crippen LogP contribution in [-0.2, 0) is 10.1 Å². The van der Waals surface area contributed by atoms with Gasteiger partial charge in [-0.2, -0.15) is 13.4 Å². The third-order valence-electron chi connectivity index (χ3n) is 3.06. The predicted molar refractivity (Wildman–Crippen MR) is 95.6 cm³/mol. The van der Waals surface area contributed by atoms with E-state index in [-0.39, 0.29) is 11.5 Å². The predicted octanol–water partition coefficient (Wildman–Crippen LogP) is 3.13. The van der Waals surface area contributed by atoms with Crippen LogP contribution in [-0.4, -0.2) is 36.2 Å². The molecule has 0 radical (unpaired) electrons. The number of nitrogens with one attached hydrogen (secondary N) is 1. The SMILES string of the molecule is Cc1ccc(S(=O)(=O)O)cc1.OCCNc1nc2cc(Cl)ccc2o1. The summed E-state index contributed by atoms with van der Waals surface area (Å²) >= 11 is 5.79. The minimum atomic E-state index is -4.02. The van der Waals surface area contributed by atoms with Gasteiger partial charge in [0.15, 0.2) is 5.58 Å². The van der Waals surface area contributed by atoms with E-state index in [0.717, 1.165) is 5.56 Å². The number of halogens is 1. The Labute approximate surface area is 150 Å². The van der Waals surface area contributed by atoms with Crippen LogP contribution in [0.5, 0.6) is 0 Å². The molecule has 0 aliphatic carbocycles. The largest absolute Gasteiger partial charge is 0.424 e. The Morgan fingerprint density at radius 3 is 2.48 bits per heavy atom. The van der Waals surface area contributed by atoms with Crippen LogP contribution < -0.4 is 5.32 Å². The molecule has 0 atom stereocenters. The minimum absolute atomic E-state index is 0.0412. The van der Waals surface area contributed by atoms with Crippen LogP contribution in [0.4, 0.5) is 6.01 Å². The third kappa shape index (κ3) is 5.71. The van der Waals surface area contributed by atoms with Crippen molar-refractivity contribution in [3.8, 4) is 0 Å². The van der Waals surface area contributed by atoms with Crippen LogP contribution in [0.15, 0.2) is 51.8 Å². The van der Waals surface area contributed by atoms with E-state index >= 15 is 0 Å². The summed E-state index contributed by atoms with van der Waals surface area (Å²) in [4.78, 5) is 4.07. The maximum absolute atomic E-state index is 10.5. The number of rotatable bonds is 4. The summed E-state index contributed by atoms with van der Waals surface area (Å²) in [6.45, 7) is 2.30. The van der Waals surface area contributed by atoms with Gasteiger partial charge >= 0.3 is 0 Å². The van der Waals surface area contributed by atoms with Crippen molar-refractivity contribution in [3.05, 3.63) is 53.1 Å². The van der Waals surface area contributed by atoms with Gasteiger partial charge in [-0.25, -0.2) is 0 Å². The van der Waals surface area contributed by atoms with E-state index in [1.165, 1.54) is 12.1 Å². The molecule has 7 nitrogen and oxygen atoms in total. The van der Waals surface area contributed by atoms with Gasteiger partial charge in [0, 0.05) is 11.6 Å². The van der Waals surface area contributed by atoms with Crippen LogP contribution in [0.1, 0.15) is 5.56 Å². The van der Waals surface area contributed by atoms with Crippen molar-refractivity contribution in [1.82, 2.24) is 4.98 Å². The number of aromatic nitrogens is 1. The Bertz CT molecular complexity index is 939. The molecule has 0 unspecified atom stereocenters. The maximum atomic E-state index is 10.5. The molecule has 25 heavy (non-hydrogen) atoms. The highest BCUT2D eigenvalue weighted by molar-refractivity contribution is 7.85. The smallest absolute Gasteiger partial charge is 0.295 e. The molecule has 0 saturated carbocycles. The fourth-order valence-electron chi connectivity index (χ4n) is 1.85. The molecule has 2 aromatic carbocycles. The number of aryl methyl sites for hydroxylation is 1. The van der Waals surface area contributed by atoms with Crippen LogP contribution in [0.3, 0.4) is 0 Å². The quantitative estimate of drug-likeness (QED) is 0.592. The molecule has 134 valence electrons. The summed E-state index contributed by atoms with van der Waals surface area (Å²) in [5, 5.41) is 12.1. The summed E-state index contributed by atoms with van der Waals surface area (Å²) < 4.78 is 34.9. The molecular weight excluding hydrogens is 368 g/mol. The zero-order valence-corrected chi connectivity index (χ0v) is 14.9. The minimum Gasteiger partial charge on any atom is -0.424 e. The van der Waals surface area contributed by atoms with Crippen molar-refractivity contribution < 1.29 is 22.5 Å². The fraction of sp³-hybridized carbons (Fsp3) is 0.188. The second kappa shape index (κ2) is 8.30. The molecule has 0 bridgehead atoms. The van der Waals surface area contributed by atoms with Gasteiger partial charge in [-0.1, -0.05) is 29.3 Å². The van der Waals surface area contributed by atoms with Crippen molar-refractivity contribution in [2.75, 3.05) is 18.5 Å². The summed E-state index contributed by atoms with van der Waals surface area (Å²) in [5.41, 5.74) is 2.34. The van der Waals surface area contributed by atoms with Gasteiger partial charge in [-0.05, 0) is 37.3 Å². The number of benzene rings is 2. The zero-order chi connectivity index (χ0) is 18.4. The number of aliphatic hydroxyl groups is 1. The van der Waals surface area contributed by atoms with Crippen LogP contribution in [0, 0.1) is 6.92 Å². The number of anilines is 1. The highest BCUT2D eigenvalue weighted by Crippen LogP contribution is 2.21. The molecule has 0 saturated heterocycles. The Hall–Kier alpha value is -2.13. The standard InChI is InChI=1S/C9H9ClN2O2.C7H8O3S/c10-6-1-2-8-7(5-6)12-9(14-8)11-3-4-13;1-6-2-4-7(5-3-6)11(8,9)10/h1-2,5,13H,3-4H2,(H,11,12);2-5H,1H3,(H,8,9,10). The monoisotopic (exact) mass is 384 g/mol. The van der Waals surface area contributed by atoms with Crippen molar-refractivity contribution >= 4 is 38.8 Å². The lowest BCUT2D eigenvalue weighted by Crippen LogP contribution is -2.05. The molecule has 3 aromatic rings. The van der Waals surface area contributed by atoms with Crippen molar-refractivity contribution in [2.24, 2.45) is 0 Å². The van der Waals surface area contributed by atoms with Gasteiger partial charge in [0.05, 0.1) is 11.5 Å². The first-order valence-electron chi connectivity index (χ1n) is 7.24. The van der Waals surface area contributed by atoms with Gasteiger partial charge < -0.3 is 14.8 Å². The van der Waals surface area contributed by atoms with Gasteiger partial charge in [0.1, 0.15) is 5.52 Å². The van der Waals surface area contributed by atoms with E-state index < -0.39 is 10.1 Å². The topological polar surface area (TPSA) is 113 Å². The lowest BCUT2D eigenvalue weighted by molar-refractivity contribution is 0.310. The summed E-state index contributed by atoms with van der Waals surface area (Å²) in [6.07, 6.45) is 0. The highest BCUT2D eigenvalue weighted by Gasteiger charge is 2.07. The van der Waals surface area contributed by atoms with Gasteiger partial charge in [-0.15, -0.1) is 0 Å². The number of hydrogen-bond acceptors (Lipinski definition) is 6. The second-order valence-electron chi connectivity index (χ2n) is 5.07. The molecule has 9 heteroatoms. The molecule has 0 amide bonds. The molecular formula is C16H17ClN2O5S. The summed E-state index contributed by atoms with van der Waals surface area (Å²) in [6, 6.07) is 11.6. The molecule has 0 aliphatic rings. The maximum Gasteiger partial charge on any atom is 0.295 e. The molecule has 0 fully saturated rings. The van der Waals surface area contributed by atoms with Crippen LogP contribution >= 0.6 is 11.6 Å². The van der Waals surface area contributed by atoms with E-state index in [9.17, 15) is 8.42 Å². The molecule has 3 N–H and O–H groups in total. The molecule has 0 spiro atoms. The van der Waals surface area contributed by atoms with Crippen molar-refractivity contribution in [2.45, 2.75) is 11.8 Å². The number of oxazole rings is 1. The van der Waals surface area contributed by atoms with E-state index in [1.807, 2.05) is 6.92 Å². The van der Waals surface area contributed by atoms with Gasteiger partial charge in [0.2, 0.25) is 0 Å². The fourth-order valence-corrected chi connectivity index (χ4v) is 2.50. The Morgan fingerprint density at radius 1 is 1.20 bits per heavy atom. The zero-order valence-electron chi connectivity index (χ0n) is 13.3. The van der Waals surface area contributed by atoms with Crippen LogP contribution in [0.25, 0.3) is 11.1 Å². The Kier molecular flexibility index (Phi) is 6.38. The Morgan fingerprint density at radius 2 is 1.88 bits per heavy atom. The average Bonchev–Trinajstić information content (AvgIpc) is 2.95. The summed E-state index contributed by atoms with van der Waals surface area (Å²) in [5.74, 6) is 0. The summed E-state index contributed by atoms with van der Waals surface area (Å²) in [7, 11) is -4.02. The number of hydrogen-bond donors (Lipinski definition) is 3.